The zero-order valence-corrected chi connectivity index (χ0v) is 20.8. The van der Waals surface area contributed by atoms with E-state index in [0.29, 0.717) is 23.7 Å². The fourth-order valence-corrected chi connectivity index (χ4v) is 5.68. The molecule has 1 aliphatic heterocycles. The van der Waals surface area contributed by atoms with Crippen molar-refractivity contribution >= 4 is 45.5 Å². The third-order valence-corrected chi connectivity index (χ3v) is 8.06. The lowest BCUT2D eigenvalue weighted by Gasteiger charge is -2.30. The standard InChI is InChI=1S/C24H25ClN4O5S/c1-16-23(21(34-28-16)9-5-17-3-7-20(33-2)8-4-17)35(31,32)29-13-11-18(12-14-29)24(30)27-22-10-6-19(25)15-26-22/h3-10,15,18H,11-14H2,1-2H3,(H,26,27,30). The summed E-state index contributed by atoms with van der Waals surface area (Å²) in [4.78, 5) is 16.7. The maximum atomic E-state index is 13.4. The van der Waals surface area contributed by atoms with Crippen LogP contribution in [0.3, 0.4) is 0 Å². The Balaban J connectivity index is 1.44. The predicted molar refractivity (Wildman–Crippen MR) is 133 cm³/mol. The van der Waals surface area contributed by atoms with Gasteiger partial charge >= 0.3 is 0 Å². The highest BCUT2D eigenvalue weighted by Gasteiger charge is 2.36. The molecular weight excluding hydrogens is 492 g/mol. The Morgan fingerprint density at radius 3 is 2.51 bits per heavy atom. The number of anilines is 1. The molecular formula is C24H25ClN4O5S. The highest BCUT2D eigenvalue weighted by Crippen LogP contribution is 2.29. The molecule has 0 atom stereocenters. The van der Waals surface area contributed by atoms with Gasteiger partial charge in [-0.3, -0.25) is 4.79 Å². The quantitative estimate of drug-likeness (QED) is 0.499. The number of ether oxygens (including phenoxy) is 1. The summed E-state index contributed by atoms with van der Waals surface area (Å²) in [7, 11) is -2.27. The minimum atomic E-state index is -3.86. The third kappa shape index (κ3) is 5.72. The minimum absolute atomic E-state index is 0.0375. The van der Waals surface area contributed by atoms with Crippen LogP contribution in [-0.2, 0) is 14.8 Å². The number of piperidine rings is 1. The second-order valence-electron chi connectivity index (χ2n) is 8.10. The molecule has 1 aromatic carbocycles. The molecule has 11 heteroatoms. The topological polar surface area (TPSA) is 115 Å². The van der Waals surface area contributed by atoms with E-state index in [4.69, 9.17) is 20.9 Å². The van der Waals surface area contributed by atoms with Crippen LogP contribution in [0.2, 0.25) is 5.02 Å². The summed E-state index contributed by atoms with van der Waals surface area (Å²) >= 11 is 5.82. The lowest BCUT2D eigenvalue weighted by molar-refractivity contribution is -0.120. The number of pyridine rings is 1. The molecule has 0 saturated carbocycles. The van der Waals surface area contributed by atoms with E-state index >= 15 is 0 Å². The molecule has 0 aliphatic carbocycles. The van der Waals surface area contributed by atoms with Gasteiger partial charge in [0.25, 0.3) is 0 Å². The normalized spacial score (nSPS) is 15.4. The molecule has 35 heavy (non-hydrogen) atoms. The first-order valence-electron chi connectivity index (χ1n) is 11.0. The fourth-order valence-electron chi connectivity index (χ4n) is 3.85. The van der Waals surface area contributed by atoms with Crippen molar-refractivity contribution in [3.8, 4) is 5.75 Å². The number of carbonyl (C=O) groups excluding carboxylic acids is 1. The van der Waals surface area contributed by atoms with Gasteiger partial charge in [-0.25, -0.2) is 13.4 Å². The van der Waals surface area contributed by atoms with Gasteiger partial charge in [-0.15, -0.1) is 0 Å². The van der Waals surface area contributed by atoms with Gasteiger partial charge in [-0.1, -0.05) is 35.0 Å². The molecule has 1 aliphatic rings. The van der Waals surface area contributed by atoms with E-state index in [9.17, 15) is 13.2 Å². The van der Waals surface area contributed by atoms with Crippen molar-refractivity contribution in [3.63, 3.8) is 0 Å². The zero-order chi connectivity index (χ0) is 25.0. The maximum Gasteiger partial charge on any atom is 0.248 e. The van der Waals surface area contributed by atoms with Gasteiger partial charge in [0.05, 0.1) is 12.1 Å². The SMILES string of the molecule is COc1ccc(C=Cc2onc(C)c2S(=O)(=O)N2CCC(C(=O)Nc3ccc(Cl)cn3)CC2)cc1. The monoisotopic (exact) mass is 516 g/mol. The van der Waals surface area contributed by atoms with Crippen molar-refractivity contribution in [2.45, 2.75) is 24.7 Å². The highest BCUT2D eigenvalue weighted by molar-refractivity contribution is 7.89. The molecule has 1 fully saturated rings. The molecule has 1 amide bonds. The molecule has 1 saturated heterocycles. The van der Waals surface area contributed by atoms with Crippen molar-refractivity contribution in [2.75, 3.05) is 25.5 Å². The van der Waals surface area contributed by atoms with Crippen molar-refractivity contribution in [1.82, 2.24) is 14.4 Å². The molecule has 3 aromatic rings. The van der Waals surface area contributed by atoms with Crippen LogP contribution in [0, 0.1) is 12.8 Å². The van der Waals surface area contributed by atoms with Gasteiger partial charge in [0.2, 0.25) is 15.9 Å². The molecule has 3 heterocycles. The summed E-state index contributed by atoms with van der Waals surface area (Å²) in [5.41, 5.74) is 1.14. The van der Waals surface area contributed by atoms with E-state index in [1.165, 1.54) is 10.5 Å². The maximum absolute atomic E-state index is 13.4. The number of methoxy groups -OCH3 is 1. The van der Waals surface area contributed by atoms with Crippen LogP contribution in [0.4, 0.5) is 5.82 Å². The lowest BCUT2D eigenvalue weighted by atomic mass is 9.97. The van der Waals surface area contributed by atoms with E-state index in [1.807, 2.05) is 24.3 Å². The summed E-state index contributed by atoms with van der Waals surface area (Å²) in [6, 6.07) is 10.6. The van der Waals surface area contributed by atoms with Crippen molar-refractivity contribution < 1.29 is 22.5 Å². The van der Waals surface area contributed by atoms with E-state index in [1.54, 1.807) is 38.3 Å². The number of benzene rings is 1. The van der Waals surface area contributed by atoms with Crippen LogP contribution in [0.15, 0.2) is 52.0 Å². The van der Waals surface area contributed by atoms with Crippen LogP contribution >= 0.6 is 11.6 Å². The van der Waals surface area contributed by atoms with Crippen LogP contribution in [0.5, 0.6) is 5.75 Å². The average molecular weight is 517 g/mol. The smallest absolute Gasteiger partial charge is 0.248 e. The number of nitrogens with one attached hydrogen (secondary N) is 1. The van der Waals surface area contributed by atoms with E-state index in [0.717, 1.165) is 11.3 Å². The number of hydrogen-bond donors (Lipinski definition) is 1. The van der Waals surface area contributed by atoms with Crippen molar-refractivity contribution in [2.24, 2.45) is 5.92 Å². The Kier molecular flexibility index (Phi) is 7.54. The average Bonchev–Trinajstić information content (AvgIpc) is 3.25. The Morgan fingerprint density at radius 1 is 1.17 bits per heavy atom. The van der Waals surface area contributed by atoms with E-state index in [-0.39, 0.29) is 41.3 Å². The Hall–Kier alpha value is -3.21. The van der Waals surface area contributed by atoms with Gasteiger partial charge < -0.3 is 14.6 Å². The second kappa shape index (κ2) is 10.6. The lowest BCUT2D eigenvalue weighted by Crippen LogP contribution is -2.41. The number of aromatic nitrogens is 2. The summed E-state index contributed by atoms with van der Waals surface area (Å²) in [5.74, 6) is 0.773. The van der Waals surface area contributed by atoms with Crippen molar-refractivity contribution in [1.29, 1.82) is 0 Å². The van der Waals surface area contributed by atoms with E-state index in [2.05, 4.69) is 15.5 Å². The molecule has 9 nitrogen and oxygen atoms in total. The summed E-state index contributed by atoms with van der Waals surface area (Å²) in [6.07, 6.45) is 5.57. The largest absolute Gasteiger partial charge is 0.497 e. The second-order valence-corrected chi connectivity index (χ2v) is 10.4. The Morgan fingerprint density at radius 2 is 1.89 bits per heavy atom. The Bertz CT molecular complexity index is 1310. The van der Waals surface area contributed by atoms with Gasteiger partial charge in [0.1, 0.15) is 17.3 Å². The molecule has 0 radical (unpaired) electrons. The van der Waals surface area contributed by atoms with Crippen molar-refractivity contribution in [3.05, 3.63) is 64.6 Å². The third-order valence-electron chi connectivity index (χ3n) is 5.78. The summed E-state index contributed by atoms with van der Waals surface area (Å²) in [6.45, 7) is 2.02. The first-order chi connectivity index (χ1) is 16.8. The van der Waals surface area contributed by atoms with Gasteiger partial charge in [-0.05, 0) is 55.7 Å². The zero-order valence-electron chi connectivity index (χ0n) is 19.3. The minimum Gasteiger partial charge on any atom is -0.497 e. The van der Waals surface area contributed by atoms with Gasteiger partial charge in [-0.2, -0.15) is 4.31 Å². The number of aryl methyl sites for hydroxylation is 1. The molecule has 1 N–H and O–H groups in total. The highest BCUT2D eigenvalue weighted by atomic mass is 35.5. The van der Waals surface area contributed by atoms with Crippen LogP contribution in [0.25, 0.3) is 12.2 Å². The Labute approximate surface area is 208 Å². The molecule has 4 rings (SSSR count). The summed E-state index contributed by atoms with van der Waals surface area (Å²) in [5, 5.41) is 7.12. The molecule has 0 bridgehead atoms. The first kappa shape index (κ1) is 24.9. The van der Waals surface area contributed by atoms with E-state index < -0.39 is 10.0 Å². The molecule has 0 unspecified atom stereocenters. The number of carbonyl (C=O) groups is 1. The van der Waals surface area contributed by atoms with Gasteiger partial charge in [0.15, 0.2) is 10.7 Å². The van der Waals surface area contributed by atoms with Gasteiger partial charge in [0, 0.05) is 25.2 Å². The number of halogens is 1. The number of nitrogens with zero attached hydrogens (tertiary/aromatic N) is 3. The first-order valence-corrected chi connectivity index (χ1v) is 12.8. The predicted octanol–water partition coefficient (Wildman–Crippen LogP) is 4.25. The summed E-state index contributed by atoms with van der Waals surface area (Å²) < 4.78 is 38.7. The van der Waals surface area contributed by atoms with Crippen LogP contribution < -0.4 is 10.1 Å². The fraction of sp³-hybridized carbons (Fsp3) is 0.292. The number of sulfonamides is 1. The number of hydrogen-bond acceptors (Lipinski definition) is 7. The van der Waals surface area contributed by atoms with Crippen LogP contribution in [-0.4, -0.2) is 49.0 Å². The van der Waals surface area contributed by atoms with Crippen LogP contribution in [0.1, 0.15) is 29.9 Å². The number of rotatable bonds is 7. The molecule has 184 valence electrons. The molecule has 0 spiro atoms. The molecule has 2 aromatic heterocycles. The number of amides is 1.